The predicted octanol–water partition coefficient (Wildman–Crippen LogP) is 2.46. The first-order valence-electron chi connectivity index (χ1n) is 6.58. The summed E-state index contributed by atoms with van der Waals surface area (Å²) in [6.45, 7) is 5.20. The van der Waals surface area contributed by atoms with Crippen LogP contribution in [0.3, 0.4) is 0 Å². The summed E-state index contributed by atoms with van der Waals surface area (Å²) in [6.07, 6.45) is 0.544. The van der Waals surface area contributed by atoms with E-state index in [1.165, 1.54) is 0 Å². The Kier molecular flexibility index (Phi) is 7.34. The molecule has 20 heavy (non-hydrogen) atoms. The van der Waals surface area contributed by atoms with E-state index in [4.69, 9.17) is 4.74 Å². The van der Waals surface area contributed by atoms with Crippen molar-refractivity contribution in [1.82, 2.24) is 10.2 Å². The first kappa shape index (κ1) is 17.3. The van der Waals surface area contributed by atoms with Crippen molar-refractivity contribution in [2.45, 2.75) is 19.4 Å². The van der Waals surface area contributed by atoms with Gasteiger partial charge in [-0.1, -0.05) is 22.0 Å². The lowest BCUT2D eigenvalue weighted by Gasteiger charge is -2.24. The molecule has 1 unspecified atom stereocenters. The van der Waals surface area contributed by atoms with Crippen molar-refractivity contribution >= 4 is 34.2 Å². The molecule has 1 heterocycles. The van der Waals surface area contributed by atoms with Crippen LogP contribution in [0, 0.1) is 0 Å². The van der Waals surface area contributed by atoms with E-state index in [1.54, 1.807) is 0 Å². The van der Waals surface area contributed by atoms with E-state index in [-0.39, 0.29) is 18.3 Å². The molecule has 1 saturated heterocycles. The Hall–Kier alpha value is -0.780. The maximum absolute atomic E-state index is 12.3. The van der Waals surface area contributed by atoms with Gasteiger partial charge in [-0.3, -0.25) is 4.79 Å². The van der Waals surface area contributed by atoms with Crippen LogP contribution >= 0.6 is 28.3 Å². The van der Waals surface area contributed by atoms with E-state index in [1.807, 2.05) is 36.1 Å². The van der Waals surface area contributed by atoms with Crippen molar-refractivity contribution in [2.75, 3.05) is 26.2 Å². The van der Waals surface area contributed by atoms with Gasteiger partial charge in [0.15, 0.2) is 6.10 Å². The van der Waals surface area contributed by atoms with Crippen LogP contribution in [-0.4, -0.2) is 43.1 Å². The number of benzene rings is 1. The maximum Gasteiger partial charge on any atom is 0.263 e. The summed E-state index contributed by atoms with van der Waals surface area (Å²) in [4.78, 5) is 14.2. The molecule has 6 heteroatoms. The lowest BCUT2D eigenvalue weighted by Crippen LogP contribution is -2.42. The molecule has 0 saturated carbocycles. The smallest absolute Gasteiger partial charge is 0.263 e. The molecule has 112 valence electrons. The number of hydrogen-bond donors (Lipinski definition) is 1. The Bertz CT molecular complexity index is 437. The van der Waals surface area contributed by atoms with Crippen molar-refractivity contribution in [3.8, 4) is 5.75 Å². The van der Waals surface area contributed by atoms with E-state index in [9.17, 15) is 4.79 Å². The number of carbonyl (C=O) groups excluding carboxylic acids is 1. The average Bonchev–Trinajstić information content (AvgIpc) is 2.66. The summed E-state index contributed by atoms with van der Waals surface area (Å²) < 4.78 is 6.66. The second-order valence-corrected chi connectivity index (χ2v) is 5.56. The summed E-state index contributed by atoms with van der Waals surface area (Å²) in [5.74, 6) is 0.770. The van der Waals surface area contributed by atoms with E-state index in [0.717, 1.165) is 37.1 Å². The highest BCUT2D eigenvalue weighted by molar-refractivity contribution is 9.10. The molecule has 1 aliphatic rings. The first-order chi connectivity index (χ1) is 9.16. The van der Waals surface area contributed by atoms with Crippen molar-refractivity contribution in [3.63, 3.8) is 0 Å². The molecular weight excluding hydrogens is 344 g/mol. The fourth-order valence-electron chi connectivity index (χ4n) is 2.12. The third kappa shape index (κ3) is 4.96. The average molecular weight is 364 g/mol. The Morgan fingerprint density at radius 2 is 2.20 bits per heavy atom. The highest BCUT2D eigenvalue weighted by atomic mass is 79.9. The number of rotatable bonds is 3. The fourth-order valence-corrected chi connectivity index (χ4v) is 2.50. The molecular formula is C14H20BrClN2O2. The summed E-state index contributed by atoms with van der Waals surface area (Å²) >= 11 is 3.39. The van der Waals surface area contributed by atoms with Gasteiger partial charge in [0.1, 0.15) is 5.75 Å². The zero-order valence-corrected chi connectivity index (χ0v) is 13.9. The minimum Gasteiger partial charge on any atom is -0.481 e. The molecule has 1 fully saturated rings. The predicted molar refractivity (Wildman–Crippen MR) is 85.5 cm³/mol. The van der Waals surface area contributed by atoms with Gasteiger partial charge in [0.2, 0.25) is 0 Å². The van der Waals surface area contributed by atoms with Gasteiger partial charge >= 0.3 is 0 Å². The van der Waals surface area contributed by atoms with Crippen LogP contribution in [0.15, 0.2) is 28.7 Å². The molecule has 4 nitrogen and oxygen atoms in total. The van der Waals surface area contributed by atoms with Crippen LogP contribution in [0.1, 0.15) is 13.3 Å². The van der Waals surface area contributed by atoms with E-state index < -0.39 is 6.10 Å². The molecule has 2 rings (SSSR count). The molecule has 0 aromatic heterocycles. The van der Waals surface area contributed by atoms with E-state index in [2.05, 4.69) is 21.2 Å². The van der Waals surface area contributed by atoms with Crippen LogP contribution in [0.4, 0.5) is 0 Å². The third-order valence-electron chi connectivity index (χ3n) is 3.11. The van der Waals surface area contributed by atoms with Gasteiger partial charge in [-0.05, 0) is 38.1 Å². The van der Waals surface area contributed by atoms with Crippen LogP contribution in [0.5, 0.6) is 5.75 Å². The van der Waals surface area contributed by atoms with Gasteiger partial charge in [0.25, 0.3) is 5.91 Å². The van der Waals surface area contributed by atoms with Gasteiger partial charge < -0.3 is 15.0 Å². The summed E-state index contributed by atoms with van der Waals surface area (Å²) in [5.41, 5.74) is 0. The van der Waals surface area contributed by atoms with Gasteiger partial charge in [-0.25, -0.2) is 0 Å². The lowest BCUT2D eigenvalue weighted by atomic mass is 10.3. The van der Waals surface area contributed by atoms with Crippen molar-refractivity contribution in [1.29, 1.82) is 0 Å². The lowest BCUT2D eigenvalue weighted by molar-refractivity contribution is -0.137. The van der Waals surface area contributed by atoms with Gasteiger partial charge in [0.05, 0.1) is 0 Å². The summed E-state index contributed by atoms with van der Waals surface area (Å²) in [7, 11) is 0. The Balaban J connectivity index is 0.00000200. The Morgan fingerprint density at radius 3 is 2.95 bits per heavy atom. The summed E-state index contributed by atoms with van der Waals surface area (Å²) in [5, 5.41) is 3.29. The van der Waals surface area contributed by atoms with Gasteiger partial charge in [0, 0.05) is 24.1 Å². The third-order valence-corrected chi connectivity index (χ3v) is 3.60. The molecule has 0 spiro atoms. The van der Waals surface area contributed by atoms with Gasteiger partial charge in [-0.2, -0.15) is 0 Å². The Labute approximate surface area is 134 Å². The number of amides is 1. The number of halogens is 2. The number of ether oxygens (including phenoxy) is 1. The first-order valence-corrected chi connectivity index (χ1v) is 7.38. The topological polar surface area (TPSA) is 41.6 Å². The molecule has 1 N–H and O–H groups in total. The van der Waals surface area contributed by atoms with E-state index in [0.29, 0.717) is 5.75 Å². The SMILES string of the molecule is CC(Oc1cccc(Br)c1)C(=O)N1CCCNCC1.Cl. The molecule has 1 atom stereocenters. The number of carbonyl (C=O) groups is 1. The highest BCUT2D eigenvalue weighted by Gasteiger charge is 2.22. The van der Waals surface area contributed by atoms with Crippen LogP contribution < -0.4 is 10.1 Å². The zero-order chi connectivity index (χ0) is 13.7. The minimum atomic E-state index is -0.451. The standard InChI is InChI=1S/C14H19BrN2O2.ClH/c1-11(19-13-5-2-4-12(15)10-13)14(18)17-8-3-6-16-7-9-17;/h2,4-5,10-11,16H,3,6-9H2,1H3;1H. The molecule has 1 aromatic carbocycles. The number of hydrogen-bond acceptors (Lipinski definition) is 3. The molecule has 0 bridgehead atoms. The molecule has 0 aliphatic carbocycles. The Morgan fingerprint density at radius 1 is 1.40 bits per heavy atom. The van der Waals surface area contributed by atoms with Crippen LogP contribution in [-0.2, 0) is 4.79 Å². The largest absolute Gasteiger partial charge is 0.481 e. The van der Waals surface area contributed by atoms with Crippen molar-refractivity contribution in [2.24, 2.45) is 0 Å². The van der Waals surface area contributed by atoms with E-state index >= 15 is 0 Å². The second-order valence-electron chi connectivity index (χ2n) is 4.65. The normalized spacial score (nSPS) is 16.8. The monoisotopic (exact) mass is 362 g/mol. The minimum absolute atomic E-state index is 0. The van der Waals surface area contributed by atoms with Crippen molar-refractivity contribution < 1.29 is 9.53 Å². The zero-order valence-electron chi connectivity index (χ0n) is 11.5. The van der Waals surface area contributed by atoms with Gasteiger partial charge in [-0.15, -0.1) is 12.4 Å². The van der Waals surface area contributed by atoms with Crippen molar-refractivity contribution in [3.05, 3.63) is 28.7 Å². The quantitative estimate of drug-likeness (QED) is 0.897. The molecule has 1 amide bonds. The molecule has 0 radical (unpaired) electrons. The van der Waals surface area contributed by atoms with Crippen LogP contribution in [0.25, 0.3) is 0 Å². The molecule has 1 aliphatic heterocycles. The highest BCUT2D eigenvalue weighted by Crippen LogP contribution is 2.19. The number of nitrogens with zero attached hydrogens (tertiary/aromatic N) is 1. The number of nitrogens with one attached hydrogen (secondary N) is 1. The molecule has 1 aromatic rings. The maximum atomic E-state index is 12.3. The second kappa shape index (κ2) is 8.49. The fraction of sp³-hybridized carbons (Fsp3) is 0.500. The van der Waals surface area contributed by atoms with Crippen LogP contribution in [0.2, 0.25) is 0 Å². The summed E-state index contributed by atoms with van der Waals surface area (Å²) in [6, 6.07) is 7.55.